The number of aromatic nitrogens is 1. The van der Waals surface area contributed by atoms with Crippen molar-refractivity contribution in [2.75, 3.05) is 25.2 Å². The van der Waals surface area contributed by atoms with Gasteiger partial charge in [-0.25, -0.2) is 10.8 Å². The molecule has 0 saturated carbocycles. The number of hydrogen-bond acceptors (Lipinski definition) is 5. The van der Waals surface area contributed by atoms with Gasteiger partial charge in [0.25, 0.3) is 5.91 Å². The predicted octanol–water partition coefficient (Wildman–Crippen LogP) is 0.927. The summed E-state index contributed by atoms with van der Waals surface area (Å²) in [6.07, 6.45) is 0. The molecule has 1 aliphatic heterocycles. The predicted molar refractivity (Wildman–Crippen MR) is 72.7 cm³/mol. The van der Waals surface area contributed by atoms with E-state index in [1.165, 1.54) is 0 Å². The summed E-state index contributed by atoms with van der Waals surface area (Å²) in [6, 6.07) is 3.44. The molecule has 2 rings (SSSR count). The van der Waals surface area contributed by atoms with Crippen molar-refractivity contribution in [1.82, 2.24) is 9.88 Å². The normalized spacial score (nSPS) is 18.2. The molecule has 1 saturated heterocycles. The van der Waals surface area contributed by atoms with Gasteiger partial charge in [-0.15, -0.1) is 0 Å². The summed E-state index contributed by atoms with van der Waals surface area (Å²) in [5, 5.41) is 0. The first-order valence-electron chi connectivity index (χ1n) is 6.29. The molecule has 1 aromatic rings. The van der Waals surface area contributed by atoms with E-state index in [9.17, 15) is 4.79 Å². The molecule has 104 valence electrons. The number of nitrogens with one attached hydrogen (secondary N) is 1. The van der Waals surface area contributed by atoms with Crippen molar-refractivity contribution in [1.29, 1.82) is 0 Å². The zero-order valence-corrected chi connectivity index (χ0v) is 11.6. The second-order valence-corrected chi connectivity index (χ2v) is 5.35. The Morgan fingerprint density at radius 1 is 1.53 bits per heavy atom. The zero-order valence-electron chi connectivity index (χ0n) is 11.6. The number of carbonyl (C=O) groups is 1. The van der Waals surface area contributed by atoms with Gasteiger partial charge < -0.3 is 15.1 Å². The van der Waals surface area contributed by atoms with Crippen LogP contribution in [0, 0.1) is 6.92 Å². The first kappa shape index (κ1) is 13.8. The largest absolute Gasteiger partial charge is 0.377 e. The second-order valence-electron chi connectivity index (χ2n) is 5.35. The standard InChI is InChI=1S/C13H20N4O2/c1-9-6-10(7-11(15-9)16-14)12(18)17-4-5-19-8-13(17,2)3/h6-7H,4-5,8,14H2,1-3H3,(H,15,16). The van der Waals surface area contributed by atoms with Gasteiger partial charge in [-0.05, 0) is 32.9 Å². The lowest BCUT2D eigenvalue weighted by molar-refractivity contribution is -0.0370. The van der Waals surface area contributed by atoms with Crippen LogP contribution in [0.2, 0.25) is 0 Å². The van der Waals surface area contributed by atoms with Gasteiger partial charge in [0.15, 0.2) is 0 Å². The third kappa shape index (κ3) is 2.85. The average Bonchev–Trinajstić information content (AvgIpc) is 2.36. The molecule has 6 heteroatoms. The summed E-state index contributed by atoms with van der Waals surface area (Å²) in [5.41, 5.74) is 3.52. The van der Waals surface area contributed by atoms with Crippen LogP contribution in [-0.4, -0.2) is 41.1 Å². The molecule has 2 heterocycles. The minimum absolute atomic E-state index is 0.0182. The van der Waals surface area contributed by atoms with Gasteiger partial charge in [0.2, 0.25) is 0 Å². The topological polar surface area (TPSA) is 80.5 Å². The lowest BCUT2D eigenvalue weighted by Gasteiger charge is -2.42. The number of hydrogen-bond donors (Lipinski definition) is 2. The Kier molecular flexibility index (Phi) is 3.73. The van der Waals surface area contributed by atoms with Gasteiger partial charge in [-0.1, -0.05) is 0 Å². The molecular formula is C13H20N4O2. The molecule has 0 aromatic carbocycles. The van der Waals surface area contributed by atoms with E-state index in [4.69, 9.17) is 10.6 Å². The fraction of sp³-hybridized carbons (Fsp3) is 0.538. The first-order valence-corrected chi connectivity index (χ1v) is 6.29. The Hall–Kier alpha value is -1.66. The molecule has 1 fully saturated rings. The Labute approximate surface area is 112 Å². The Morgan fingerprint density at radius 2 is 2.26 bits per heavy atom. The van der Waals surface area contributed by atoms with Crippen molar-refractivity contribution in [2.45, 2.75) is 26.3 Å². The van der Waals surface area contributed by atoms with Gasteiger partial charge >= 0.3 is 0 Å². The van der Waals surface area contributed by atoms with Crippen LogP contribution in [0.15, 0.2) is 12.1 Å². The number of pyridine rings is 1. The van der Waals surface area contributed by atoms with Crippen molar-refractivity contribution in [3.63, 3.8) is 0 Å². The smallest absolute Gasteiger partial charge is 0.254 e. The summed E-state index contributed by atoms with van der Waals surface area (Å²) in [6.45, 7) is 7.55. The Balaban J connectivity index is 2.30. The number of nitrogens with zero attached hydrogens (tertiary/aromatic N) is 2. The molecule has 0 unspecified atom stereocenters. The van der Waals surface area contributed by atoms with Crippen molar-refractivity contribution in [2.24, 2.45) is 5.84 Å². The fourth-order valence-electron chi connectivity index (χ4n) is 2.26. The monoisotopic (exact) mass is 264 g/mol. The van der Waals surface area contributed by atoms with E-state index >= 15 is 0 Å². The van der Waals surface area contributed by atoms with Gasteiger partial charge in [0.05, 0.1) is 18.8 Å². The molecule has 1 amide bonds. The number of amides is 1. The highest BCUT2D eigenvalue weighted by Crippen LogP contribution is 2.22. The summed E-state index contributed by atoms with van der Waals surface area (Å²) < 4.78 is 5.43. The van der Waals surface area contributed by atoms with E-state index in [-0.39, 0.29) is 11.4 Å². The maximum absolute atomic E-state index is 12.6. The van der Waals surface area contributed by atoms with Gasteiger partial charge in [0, 0.05) is 17.8 Å². The van der Waals surface area contributed by atoms with Crippen molar-refractivity contribution >= 4 is 11.7 Å². The Morgan fingerprint density at radius 3 is 2.89 bits per heavy atom. The fourth-order valence-corrected chi connectivity index (χ4v) is 2.26. The minimum atomic E-state index is -0.303. The molecule has 19 heavy (non-hydrogen) atoms. The van der Waals surface area contributed by atoms with Crippen LogP contribution in [0.5, 0.6) is 0 Å². The molecule has 1 aromatic heterocycles. The van der Waals surface area contributed by atoms with Crippen LogP contribution in [0.3, 0.4) is 0 Å². The van der Waals surface area contributed by atoms with Crippen molar-refractivity contribution in [3.05, 3.63) is 23.4 Å². The highest BCUT2D eigenvalue weighted by Gasteiger charge is 2.34. The number of hydrazine groups is 1. The van der Waals surface area contributed by atoms with E-state index in [2.05, 4.69) is 10.4 Å². The summed E-state index contributed by atoms with van der Waals surface area (Å²) in [7, 11) is 0. The molecule has 0 aliphatic carbocycles. The van der Waals surface area contributed by atoms with Crippen LogP contribution in [0.25, 0.3) is 0 Å². The summed E-state index contributed by atoms with van der Waals surface area (Å²) in [5.74, 6) is 5.84. The third-order valence-electron chi connectivity index (χ3n) is 3.24. The summed E-state index contributed by atoms with van der Waals surface area (Å²) >= 11 is 0. The van der Waals surface area contributed by atoms with Gasteiger partial charge in [-0.3, -0.25) is 4.79 Å². The van der Waals surface area contributed by atoms with Gasteiger partial charge in [-0.2, -0.15) is 0 Å². The maximum atomic E-state index is 12.6. The number of aryl methyl sites for hydroxylation is 1. The average molecular weight is 264 g/mol. The molecular weight excluding hydrogens is 244 g/mol. The highest BCUT2D eigenvalue weighted by molar-refractivity contribution is 5.95. The minimum Gasteiger partial charge on any atom is -0.377 e. The van der Waals surface area contributed by atoms with Crippen LogP contribution < -0.4 is 11.3 Å². The molecule has 0 atom stereocenters. The number of nitrogen functional groups attached to an aromatic ring is 1. The number of ether oxygens (including phenoxy) is 1. The number of anilines is 1. The summed E-state index contributed by atoms with van der Waals surface area (Å²) in [4.78, 5) is 18.6. The van der Waals surface area contributed by atoms with Crippen LogP contribution in [0.4, 0.5) is 5.82 Å². The van der Waals surface area contributed by atoms with E-state index in [0.29, 0.717) is 31.1 Å². The van der Waals surface area contributed by atoms with Crippen LogP contribution >= 0.6 is 0 Å². The quantitative estimate of drug-likeness (QED) is 0.613. The lowest BCUT2D eigenvalue weighted by Crippen LogP contribution is -2.55. The van der Waals surface area contributed by atoms with Crippen LogP contribution in [0.1, 0.15) is 29.9 Å². The highest BCUT2D eigenvalue weighted by atomic mass is 16.5. The molecule has 1 aliphatic rings. The lowest BCUT2D eigenvalue weighted by atomic mass is 10.0. The Bertz CT molecular complexity index is 488. The maximum Gasteiger partial charge on any atom is 0.254 e. The first-order chi connectivity index (χ1) is 8.94. The van der Waals surface area contributed by atoms with Crippen LogP contribution in [-0.2, 0) is 4.74 Å². The van der Waals surface area contributed by atoms with E-state index in [1.807, 2.05) is 25.7 Å². The van der Waals surface area contributed by atoms with Crippen molar-refractivity contribution < 1.29 is 9.53 Å². The number of rotatable bonds is 2. The van der Waals surface area contributed by atoms with Gasteiger partial charge in [0.1, 0.15) is 5.82 Å². The number of morpholine rings is 1. The third-order valence-corrected chi connectivity index (χ3v) is 3.24. The molecule has 0 spiro atoms. The number of carbonyl (C=O) groups excluding carboxylic acids is 1. The van der Waals surface area contributed by atoms with E-state index in [1.54, 1.807) is 12.1 Å². The zero-order chi connectivity index (χ0) is 14.0. The number of nitrogens with two attached hydrogens (primary N) is 1. The molecule has 0 bridgehead atoms. The molecule has 3 N–H and O–H groups in total. The van der Waals surface area contributed by atoms with E-state index in [0.717, 1.165) is 5.69 Å². The second kappa shape index (κ2) is 5.14. The van der Waals surface area contributed by atoms with E-state index < -0.39 is 0 Å². The molecule has 0 radical (unpaired) electrons. The molecule has 6 nitrogen and oxygen atoms in total. The SMILES string of the molecule is Cc1cc(C(=O)N2CCOCC2(C)C)cc(NN)n1. The van der Waals surface area contributed by atoms with Crippen molar-refractivity contribution in [3.8, 4) is 0 Å².